The molecule has 1 aromatic rings. The van der Waals surface area contributed by atoms with Gasteiger partial charge >= 0.3 is 0 Å². The number of hydrogen-bond acceptors (Lipinski definition) is 5. The summed E-state index contributed by atoms with van der Waals surface area (Å²) in [6.07, 6.45) is 2.21. The number of carbonyl (C=O) groups excluding carboxylic acids is 1. The van der Waals surface area contributed by atoms with Gasteiger partial charge in [-0.2, -0.15) is 0 Å². The van der Waals surface area contributed by atoms with Gasteiger partial charge in [-0.1, -0.05) is 0 Å². The maximum atomic E-state index is 11.5. The molecule has 0 bridgehead atoms. The van der Waals surface area contributed by atoms with E-state index in [9.17, 15) is 4.79 Å². The molecule has 2 N–H and O–H groups in total. The van der Waals surface area contributed by atoms with Crippen molar-refractivity contribution in [3.05, 3.63) is 17.8 Å². The third kappa shape index (κ3) is 4.17. The van der Waals surface area contributed by atoms with E-state index >= 15 is 0 Å². The van der Waals surface area contributed by atoms with Crippen LogP contribution >= 0.6 is 0 Å². The number of anilines is 1. The van der Waals surface area contributed by atoms with Crippen LogP contribution in [0.5, 0.6) is 0 Å². The van der Waals surface area contributed by atoms with Gasteiger partial charge in [-0.15, -0.1) is 10.2 Å². The van der Waals surface area contributed by atoms with Gasteiger partial charge in [0.2, 0.25) is 0 Å². The van der Waals surface area contributed by atoms with E-state index in [2.05, 4.69) is 20.8 Å². The Balaban J connectivity index is 1.76. The highest BCUT2D eigenvalue weighted by Gasteiger charge is 2.14. The lowest BCUT2D eigenvalue weighted by Crippen LogP contribution is -2.24. The van der Waals surface area contributed by atoms with Gasteiger partial charge in [-0.05, 0) is 37.8 Å². The quantitative estimate of drug-likeness (QED) is 0.803. The lowest BCUT2D eigenvalue weighted by molar-refractivity contribution is 0.0950. The normalized spacial score (nSPS) is 18.3. The summed E-state index contributed by atoms with van der Waals surface area (Å²) in [5.41, 5.74) is 0.344. The summed E-state index contributed by atoms with van der Waals surface area (Å²) in [7, 11) is 0. The Hall–Kier alpha value is -1.69. The van der Waals surface area contributed by atoms with Crippen LogP contribution < -0.4 is 10.6 Å². The zero-order valence-electron chi connectivity index (χ0n) is 11.2. The molecular weight excluding hydrogens is 244 g/mol. The highest BCUT2D eigenvalue weighted by molar-refractivity contribution is 5.92. The Morgan fingerprint density at radius 1 is 1.47 bits per heavy atom. The lowest BCUT2D eigenvalue weighted by Gasteiger charge is -2.09. The van der Waals surface area contributed by atoms with Gasteiger partial charge in [0.05, 0.1) is 0 Å². The van der Waals surface area contributed by atoms with Crippen molar-refractivity contribution in [2.75, 3.05) is 31.6 Å². The molecule has 1 atom stereocenters. The molecule has 6 nitrogen and oxygen atoms in total. The van der Waals surface area contributed by atoms with Gasteiger partial charge in [-0.3, -0.25) is 4.79 Å². The Morgan fingerprint density at radius 2 is 2.37 bits per heavy atom. The number of carbonyl (C=O) groups is 1. The number of ether oxygens (including phenoxy) is 1. The van der Waals surface area contributed by atoms with E-state index in [1.54, 1.807) is 12.1 Å². The topological polar surface area (TPSA) is 76.1 Å². The Labute approximate surface area is 112 Å². The summed E-state index contributed by atoms with van der Waals surface area (Å²) in [4.78, 5) is 11.5. The summed E-state index contributed by atoms with van der Waals surface area (Å²) in [5, 5.41) is 13.8. The van der Waals surface area contributed by atoms with Crippen LogP contribution in [0, 0.1) is 5.92 Å². The molecule has 1 unspecified atom stereocenters. The fourth-order valence-corrected chi connectivity index (χ4v) is 2.01. The van der Waals surface area contributed by atoms with Crippen LogP contribution in [0.15, 0.2) is 12.1 Å². The number of nitrogens with zero attached hydrogens (tertiary/aromatic N) is 2. The Morgan fingerprint density at radius 3 is 3.00 bits per heavy atom. The number of rotatable bonds is 6. The molecular formula is C13H20N4O2. The molecule has 2 heterocycles. The van der Waals surface area contributed by atoms with E-state index in [1.807, 2.05) is 6.92 Å². The standard InChI is InChI=1S/C13H20N4O2/c1-2-14-13(18)11-3-4-12(17-16-11)15-7-5-10-6-8-19-9-10/h3-4,10H,2,5-9H2,1H3,(H,14,18)(H,15,17). The number of amides is 1. The van der Waals surface area contributed by atoms with Gasteiger partial charge in [0, 0.05) is 26.3 Å². The molecule has 0 saturated carbocycles. The molecule has 0 aromatic carbocycles. The molecule has 1 fully saturated rings. The first-order chi connectivity index (χ1) is 9.29. The van der Waals surface area contributed by atoms with Crippen LogP contribution in [0.2, 0.25) is 0 Å². The van der Waals surface area contributed by atoms with Gasteiger partial charge in [0.25, 0.3) is 5.91 Å². The van der Waals surface area contributed by atoms with Crippen molar-refractivity contribution in [3.8, 4) is 0 Å². The highest BCUT2D eigenvalue weighted by atomic mass is 16.5. The molecule has 1 saturated heterocycles. The Kier molecular flexibility index (Phi) is 5.09. The molecule has 0 radical (unpaired) electrons. The van der Waals surface area contributed by atoms with Gasteiger partial charge in [0.1, 0.15) is 5.82 Å². The van der Waals surface area contributed by atoms with Gasteiger partial charge in [-0.25, -0.2) is 0 Å². The maximum absolute atomic E-state index is 11.5. The third-order valence-corrected chi connectivity index (χ3v) is 3.12. The molecule has 2 rings (SSSR count). The fourth-order valence-electron chi connectivity index (χ4n) is 2.01. The summed E-state index contributed by atoms with van der Waals surface area (Å²) < 4.78 is 5.32. The third-order valence-electron chi connectivity index (χ3n) is 3.12. The van der Waals surface area contributed by atoms with E-state index in [4.69, 9.17) is 4.74 Å². The number of aromatic nitrogens is 2. The van der Waals surface area contributed by atoms with Crippen LogP contribution in [0.4, 0.5) is 5.82 Å². The second-order valence-corrected chi connectivity index (χ2v) is 4.61. The first kappa shape index (κ1) is 13.7. The first-order valence-corrected chi connectivity index (χ1v) is 6.73. The smallest absolute Gasteiger partial charge is 0.271 e. The molecule has 1 amide bonds. The number of nitrogens with one attached hydrogen (secondary N) is 2. The van der Waals surface area contributed by atoms with Crippen molar-refractivity contribution < 1.29 is 9.53 Å². The first-order valence-electron chi connectivity index (χ1n) is 6.73. The van der Waals surface area contributed by atoms with Gasteiger partial charge in [0.15, 0.2) is 5.69 Å². The predicted molar refractivity (Wildman–Crippen MR) is 72.1 cm³/mol. The van der Waals surface area contributed by atoms with Crippen molar-refractivity contribution in [1.82, 2.24) is 15.5 Å². The van der Waals surface area contributed by atoms with E-state index in [1.165, 1.54) is 0 Å². The van der Waals surface area contributed by atoms with Crippen molar-refractivity contribution >= 4 is 11.7 Å². The molecule has 6 heteroatoms. The summed E-state index contributed by atoms with van der Waals surface area (Å²) in [6.45, 7) is 5.05. The maximum Gasteiger partial charge on any atom is 0.271 e. The zero-order chi connectivity index (χ0) is 13.5. The van der Waals surface area contributed by atoms with E-state index < -0.39 is 0 Å². The van der Waals surface area contributed by atoms with E-state index in [-0.39, 0.29) is 5.91 Å². The molecule has 1 aliphatic heterocycles. The van der Waals surface area contributed by atoms with Crippen molar-refractivity contribution in [2.24, 2.45) is 5.92 Å². The highest BCUT2D eigenvalue weighted by Crippen LogP contribution is 2.16. The minimum atomic E-state index is -0.190. The molecule has 104 valence electrons. The summed E-state index contributed by atoms with van der Waals surface area (Å²) in [5.74, 6) is 1.16. The fraction of sp³-hybridized carbons (Fsp3) is 0.615. The zero-order valence-corrected chi connectivity index (χ0v) is 11.2. The van der Waals surface area contributed by atoms with Crippen molar-refractivity contribution in [2.45, 2.75) is 19.8 Å². The van der Waals surface area contributed by atoms with E-state index in [0.29, 0.717) is 24.0 Å². The SMILES string of the molecule is CCNC(=O)c1ccc(NCCC2CCOC2)nn1. The molecule has 1 aromatic heterocycles. The van der Waals surface area contributed by atoms with Crippen molar-refractivity contribution in [3.63, 3.8) is 0 Å². The van der Waals surface area contributed by atoms with E-state index in [0.717, 1.165) is 32.6 Å². The molecule has 0 spiro atoms. The molecule has 19 heavy (non-hydrogen) atoms. The average Bonchev–Trinajstić information content (AvgIpc) is 2.93. The van der Waals surface area contributed by atoms with Crippen LogP contribution in [0.1, 0.15) is 30.3 Å². The Bertz CT molecular complexity index is 402. The minimum Gasteiger partial charge on any atom is -0.381 e. The lowest BCUT2D eigenvalue weighted by atomic mass is 10.1. The summed E-state index contributed by atoms with van der Waals surface area (Å²) >= 11 is 0. The largest absolute Gasteiger partial charge is 0.381 e. The monoisotopic (exact) mass is 264 g/mol. The number of hydrogen-bond donors (Lipinski definition) is 2. The average molecular weight is 264 g/mol. The van der Waals surface area contributed by atoms with Crippen LogP contribution in [0.25, 0.3) is 0 Å². The molecule has 1 aliphatic rings. The summed E-state index contributed by atoms with van der Waals surface area (Å²) in [6, 6.07) is 3.46. The van der Waals surface area contributed by atoms with Crippen LogP contribution in [-0.4, -0.2) is 42.4 Å². The van der Waals surface area contributed by atoms with Crippen LogP contribution in [-0.2, 0) is 4.74 Å². The molecule has 0 aliphatic carbocycles. The van der Waals surface area contributed by atoms with Crippen LogP contribution in [0.3, 0.4) is 0 Å². The predicted octanol–water partition coefficient (Wildman–Crippen LogP) is 1.06. The second kappa shape index (κ2) is 7.04. The minimum absolute atomic E-state index is 0.190. The van der Waals surface area contributed by atoms with Gasteiger partial charge < -0.3 is 15.4 Å². The van der Waals surface area contributed by atoms with Crippen molar-refractivity contribution in [1.29, 1.82) is 0 Å². The second-order valence-electron chi connectivity index (χ2n) is 4.61.